The van der Waals surface area contributed by atoms with Gasteiger partial charge in [0.1, 0.15) is 0 Å². The summed E-state index contributed by atoms with van der Waals surface area (Å²) in [6.07, 6.45) is 3.16. The van der Waals surface area contributed by atoms with Gasteiger partial charge in [0.25, 0.3) is 0 Å². The Morgan fingerprint density at radius 2 is 1.73 bits per heavy atom. The molecule has 0 bridgehead atoms. The van der Waals surface area contributed by atoms with Gasteiger partial charge in [-0.05, 0) is 37.5 Å². The molecule has 0 aromatic heterocycles. The van der Waals surface area contributed by atoms with Crippen LogP contribution in [0.1, 0.15) is 45.1 Å². The Morgan fingerprint density at radius 1 is 1.00 bits per heavy atom. The van der Waals surface area contributed by atoms with Gasteiger partial charge in [-0.25, -0.2) is 0 Å². The fraction of sp³-hybridized carbons (Fsp3) is 0.600. The average molecular weight is 365 g/mol. The summed E-state index contributed by atoms with van der Waals surface area (Å²) in [6, 6.07) is 5.67. The summed E-state index contributed by atoms with van der Waals surface area (Å²) < 4.78 is 15.5. The minimum Gasteiger partial charge on any atom is -0.493 e. The number of benzene rings is 1. The third-order valence-corrected chi connectivity index (χ3v) is 4.10. The van der Waals surface area contributed by atoms with Crippen LogP contribution in [0.25, 0.3) is 0 Å². The van der Waals surface area contributed by atoms with E-state index in [4.69, 9.17) is 14.2 Å². The highest BCUT2D eigenvalue weighted by atomic mass is 16.5. The standard InChI is InChI=1S/C20H31NO5/c1-5-7-13-21(14-12-20(23)26-6-2)19(22)11-9-16-8-10-17(24-3)18(15-16)25-4/h8,10,15H,5-7,9,11-14H2,1-4H3. The minimum absolute atomic E-state index is 0.0533. The highest BCUT2D eigenvalue weighted by Gasteiger charge is 2.15. The normalized spacial score (nSPS) is 10.3. The zero-order valence-electron chi connectivity index (χ0n) is 16.4. The summed E-state index contributed by atoms with van der Waals surface area (Å²) in [5.74, 6) is 1.11. The Morgan fingerprint density at radius 3 is 2.35 bits per heavy atom. The number of carbonyl (C=O) groups is 2. The fourth-order valence-corrected chi connectivity index (χ4v) is 2.62. The summed E-state index contributed by atoms with van der Waals surface area (Å²) >= 11 is 0. The molecule has 6 heteroatoms. The van der Waals surface area contributed by atoms with E-state index >= 15 is 0 Å². The molecular weight excluding hydrogens is 334 g/mol. The lowest BCUT2D eigenvalue weighted by Gasteiger charge is -2.22. The second kappa shape index (κ2) is 12.2. The van der Waals surface area contributed by atoms with E-state index < -0.39 is 0 Å². The van der Waals surface area contributed by atoms with Crippen LogP contribution in [-0.2, 0) is 20.7 Å². The molecule has 0 saturated heterocycles. The lowest BCUT2D eigenvalue weighted by Crippen LogP contribution is -2.34. The molecule has 0 spiro atoms. The van der Waals surface area contributed by atoms with Crippen molar-refractivity contribution in [3.63, 3.8) is 0 Å². The molecule has 1 aromatic rings. The number of unbranched alkanes of at least 4 members (excludes halogenated alkanes) is 1. The SMILES string of the molecule is CCCCN(CCC(=O)OCC)C(=O)CCc1ccc(OC)c(OC)c1. The molecule has 0 atom stereocenters. The van der Waals surface area contributed by atoms with Gasteiger partial charge in [-0.3, -0.25) is 9.59 Å². The van der Waals surface area contributed by atoms with Crippen LogP contribution in [-0.4, -0.2) is 50.7 Å². The maximum Gasteiger partial charge on any atom is 0.307 e. The van der Waals surface area contributed by atoms with E-state index in [0.29, 0.717) is 44.0 Å². The van der Waals surface area contributed by atoms with E-state index in [1.165, 1.54) is 0 Å². The number of rotatable bonds is 12. The summed E-state index contributed by atoms with van der Waals surface area (Å²) in [5.41, 5.74) is 1.01. The third kappa shape index (κ3) is 7.33. The molecular formula is C20H31NO5. The Kier molecular flexibility index (Phi) is 10.2. The molecule has 0 aliphatic rings. The highest BCUT2D eigenvalue weighted by molar-refractivity contribution is 5.77. The largest absolute Gasteiger partial charge is 0.493 e. The van der Waals surface area contributed by atoms with Gasteiger partial charge in [-0.1, -0.05) is 19.4 Å². The van der Waals surface area contributed by atoms with Crippen molar-refractivity contribution in [2.75, 3.05) is 33.9 Å². The predicted molar refractivity (Wildman–Crippen MR) is 101 cm³/mol. The maximum atomic E-state index is 12.6. The molecule has 0 N–H and O–H groups in total. The molecule has 0 aliphatic heterocycles. The molecule has 146 valence electrons. The van der Waals surface area contributed by atoms with Gasteiger partial charge in [-0.15, -0.1) is 0 Å². The van der Waals surface area contributed by atoms with Gasteiger partial charge in [0.2, 0.25) is 5.91 Å². The van der Waals surface area contributed by atoms with Gasteiger partial charge in [0, 0.05) is 19.5 Å². The maximum absolute atomic E-state index is 12.6. The number of amides is 1. The molecule has 0 radical (unpaired) electrons. The van der Waals surface area contributed by atoms with E-state index in [1.54, 1.807) is 26.0 Å². The molecule has 1 aromatic carbocycles. The van der Waals surface area contributed by atoms with E-state index in [2.05, 4.69) is 6.92 Å². The van der Waals surface area contributed by atoms with Crippen molar-refractivity contribution in [3.8, 4) is 11.5 Å². The summed E-state index contributed by atoms with van der Waals surface area (Å²) in [4.78, 5) is 25.9. The molecule has 0 unspecified atom stereocenters. The molecule has 1 amide bonds. The molecule has 0 aliphatic carbocycles. The monoisotopic (exact) mass is 365 g/mol. The summed E-state index contributed by atoms with van der Waals surface area (Å²) in [7, 11) is 3.19. The molecule has 6 nitrogen and oxygen atoms in total. The van der Waals surface area contributed by atoms with Crippen molar-refractivity contribution >= 4 is 11.9 Å². The van der Waals surface area contributed by atoms with Crippen molar-refractivity contribution in [2.24, 2.45) is 0 Å². The Bertz CT molecular complexity index is 573. The Hall–Kier alpha value is -2.24. The van der Waals surface area contributed by atoms with Crippen molar-refractivity contribution in [1.29, 1.82) is 0 Å². The first-order valence-electron chi connectivity index (χ1n) is 9.19. The average Bonchev–Trinajstić information content (AvgIpc) is 2.66. The fourth-order valence-electron chi connectivity index (χ4n) is 2.62. The number of ether oxygens (including phenoxy) is 3. The van der Waals surface area contributed by atoms with Crippen LogP contribution in [0.15, 0.2) is 18.2 Å². The predicted octanol–water partition coefficient (Wildman–Crippen LogP) is 3.22. The highest BCUT2D eigenvalue weighted by Crippen LogP contribution is 2.28. The van der Waals surface area contributed by atoms with Crippen molar-refractivity contribution in [3.05, 3.63) is 23.8 Å². The Labute approximate surface area is 156 Å². The first kappa shape index (κ1) is 21.8. The number of nitrogens with zero attached hydrogens (tertiary/aromatic N) is 1. The van der Waals surface area contributed by atoms with Crippen LogP contribution < -0.4 is 9.47 Å². The number of esters is 1. The van der Waals surface area contributed by atoms with E-state index in [0.717, 1.165) is 18.4 Å². The van der Waals surface area contributed by atoms with Gasteiger partial charge in [0.15, 0.2) is 11.5 Å². The van der Waals surface area contributed by atoms with Gasteiger partial charge < -0.3 is 19.1 Å². The number of hydrogen-bond donors (Lipinski definition) is 0. The van der Waals surface area contributed by atoms with E-state index in [-0.39, 0.29) is 18.3 Å². The molecule has 0 heterocycles. The topological polar surface area (TPSA) is 65.1 Å². The molecule has 0 saturated carbocycles. The van der Waals surface area contributed by atoms with E-state index in [9.17, 15) is 9.59 Å². The first-order valence-corrected chi connectivity index (χ1v) is 9.19. The van der Waals surface area contributed by atoms with Crippen LogP contribution in [0, 0.1) is 0 Å². The van der Waals surface area contributed by atoms with Gasteiger partial charge in [0.05, 0.1) is 27.2 Å². The van der Waals surface area contributed by atoms with Crippen molar-refractivity contribution in [1.82, 2.24) is 4.90 Å². The lowest BCUT2D eigenvalue weighted by molar-refractivity contribution is -0.144. The Balaban J connectivity index is 2.63. The number of methoxy groups -OCH3 is 2. The van der Waals surface area contributed by atoms with Crippen LogP contribution in [0.4, 0.5) is 0 Å². The molecule has 0 fully saturated rings. The third-order valence-electron chi connectivity index (χ3n) is 4.10. The number of carbonyl (C=O) groups excluding carboxylic acids is 2. The van der Waals surface area contributed by atoms with Crippen LogP contribution in [0.5, 0.6) is 11.5 Å². The van der Waals surface area contributed by atoms with Crippen molar-refractivity contribution < 1.29 is 23.8 Å². The van der Waals surface area contributed by atoms with E-state index in [1.807, 2.05) is 18.2 Å². The smallest absolute Gasteiger partial charge is 0.307 e. The van der Waals surface area contributed by atoms with Gasteiger partial charge in [-0.2, -0.15) is 0 Å². The van der Waals surface area contributed by atoms with Crippen LogP contribution in [0.2, 0.25) is 0 Å². The second-order valence-corrected chi connectivity index (χ2v) is 5.98. The zero-order valence-corrected chi connectivity index (χ0v) is 16.4. The van der Waals surface area contributed by atoms with Crippen LogP contribution in [0.3, 0.4) is 0 Å². The van der Waals surface area contributed by atoms with Crippen molar-refractivity contribution in [2.45, 2.75) is 46.0 Å². The summed E-state index contributed by atoms with van der Waals surface area (Å²) in [5, 5.41) is 0. The number of hydrogen-bond acceptors (Lipinski definition) is 5. The molecule has 26 heavy (non-hydrogen) atoms. The summed E-state index contributed by atoms with van der Waals surface area (Å²) in [6.45, 7) is 5.30. The second-order valence-electron chi connectivity index (χ2n) is 5.98. The lowest BCUT2D eigenvalue weighted by atomic mass is 10.1. The van der Waals surface area contributed by atoms with Gasteiger partial charge >= 0.3 is 5.97 Å². The molecule has 1 rings (SSSR count). The quantitative estimate of drug-likeness (QED) is 0.532. The first-order chi connectivity index (χ1) is 12.5. The minimum atomic E-state index is -0.262. The van der Waals surface area contributed by atoms with Crippen LogP contribution >= 0.6 is 0 Å². The number of aryl methyl sites for hydroxylation is 1. The zero-order chi connectivity index (χ0) is 19.4.